The van der Waals surface area contributed by atoms with Gasteiger partial charge in [0, 0.05) is 40.9 Å². The first-order valence-corrected chi connectivity index (χ1v) is 7.86. The fourth-order valence-electron chi connectivity index (χ4n) is 2.27. The van der Waals surface area contributed by atoms with Crippen molar-refractivity contribution in [2.45, 2.75) is 45.8 Å². The summed E-state index contributed by atoms with van der Waals surface area (Å²) in [5.74, 6) is 0.801. The van der Waals surface area contributed by atoms with Crippen molar-refractivity contribution in [3.63, 3.8) is 0 Å². The zero-order chi connectivity index (χ0) is 12.2. The lowest BCUT2D eigenvalue weighted by Gasteiger charge is -2.52. The van der Waals surface area contributed by atoms with Gasteiger partial charge in [-0.3, -0.25) is 4.21 Å². The topological polar surface area (TPSA) is 38.3 Å². The van der Waals surface area contributed by atoms with E-state index in [1.807, 2.05) is 6.92 Å². The van der Waals surface area contributed by atoms with Gasteiger partial charge in [-0.25, -0.2) is 0 Å². The Morgan fingerprint density at radius 3 is 2.69 bits per heavy atom. The average Bonchev–Trinajstić information content (AvgIpc) is 2.20. The average molecular weight is 247 g/mol. The molecule has 3 atom stereocenters. The second-order valence-corrected chi connectivity index (χ2v) is 6.69. The minimum absolute atomic E-state index is 0.237. The molecule has 1 fully saturated rings. The molecule has 3 unspecified atom stereocenters. The van der Waals surface area contributed by atoms with Crippen LogP contribution >= 0.6 is 0 Å². The summed E-state index contributed by atoms with van der Waals surface area (Å²) < 4.78 is 16.6. The van der Waals surface area contributed by atoms with Crippen molar-refractivity contribution in [2.24, 2.45) is 5.41 Å². The molecular weight excluding hydrogens is 222 g/mol. The molecule has 0 bridgehead atoms. The van der Waals surface area contributed by atoms with Crippen LogP contribution in [0.4, 0.5) is 0 Å². The molecule has 3 nitrogen and oxygen atoms in total. The van der Waals surface area contributed by atoms with E-state index in [2.05, 4.69) is 19.2 Å². The lowest BCUT2D eigenvalue weighted by atomic mass is 9.64. The molecule has 1 aliphatic rings. The Labute approximate surface area is 102 Å². The predicted molar refractivity (Wildman–Crippen MR) is 69.2 cm³/mol. The molecule has 0 amide bonds. The van der Waals surface area contributed by atoms with Crippen molar-refractivity contribution in [1.29, 1.82) is 0 Å². The molecule has 0 aromatic rings. The highest BCUT2D eigenvalue weighted by Gasteiger charge is 2.48. The first-order valence-electron chi connectivity index (χ1n) is 6.13. The van der Waals surface area contributed by atoms with Crippen LogP contribution < -0.4 is 5.32 Å². The van der Waals surface area contributed by atoms with Crippen LogP contribution in [0, 0.1) is 5.41 Å². The largest absolute Gasteiger partial charge is 0.378 e. The molecule has 1 rings (SSSR count). The van der Waals surface area contributed by atoms with E-state index in [4.69, 9.17) is 4.74 Å². The van der Waals surface area contributed by atoms with Crippen LogP contribution in [0.3, 0.4) is 0 Å². The highest BCUT2D eigenvalue weighted by atomic mass is 32.2. The van der Waals surface area contributed by atoms with Crippen molar-refractivity contribution in [1.82, 2.24) is 5.32 Å². The predicted octanol–water partition coefficient (Wildman–Crippen LogP) is 1.55. The van der Waals surface area contributed by atoms with Gasteiger partial charge >= 0.3 is 0 Å². The Morgan fingerprint density at radius 1 is 1.50 bits per heavy atom. The zero-order valence-corrected chi connectivity index (χ0v) is 11.7. The Hall–Kier alpha value is 0.0700. The summed E-state index contributed by atoms with van der Waals surface area (Å²) in [4.78, 5) is 0. The first-order chi connectivity index (χ1) is 7.48. The fourth-order valence-corrected chi connectivity index (χ4v) is 2.82. The van der Waals surface area contributed by atoms with Crippen LogP contribution in [0.2, 0.25) is 0 Å². The number of rotatable bonds is 7. The maximum absolute atomic E-state index is 10.9. The molecule has 0 spiro atoms. The number of hydrogen-bond acceptors (Lipinski definition) is 3. The molecular formula is C12H25NO2S. The molecule has 96 valence electrons. The van der Waals surface area contributed by atoms with Gasteiger partial charge in [-0.05, 0) is 26.3 Å². The third-order valence-electron chi connectivity index (χ3n) is 3.54. The highest BCUT2D eigenvalue weighted by Crippen LogP contribution is 2.42. The molecule has 0 aromatic heterocycles. The van der Waals surface area contributed by atoms with Crippen molar-refractivity contribution < 1.29 is 8.95 Å². The van der Waals surface area contributed by atoms with Crippen LogP contribution in [-0.4, -0.2) is 41.5 Å². The van der Waals surface area contributed by atoms with E-state index in [1.165, 1.54) is 0 Å². The lowest BCUT2D eigenvalue weighted by Crippen LogP contribution is -2.61. The van der Waals surface area contributed by atoms with Gasteiger partial charge in [0.15, 0.2) is 0 Å². The van der Waals surface area contributed by atoms with Gasteiger partial charge in [0.25, 0.3) is 0 Å². The summed E-state index contributed by atoms with van der Waals surface area (Å²) >= 11 is 0. The number of nitrogens with one attached hydrogen (secondary N) is 1. The molecule has 0 saturated heterocycles. The maximum Gasteiger partial charge on any atom is 0.0655 e. The number of hydrogen-bond donors (Lipinski definition) is 1. The minimum Gasteiger partial charge on any atom is -0.378 e. The second kappa shape index (κ2) is 6.12. The van der Waals surface area contributed by atoms with Crippen molar-refractivity contribution in [2.75, 3.05) is 25.2 Å². The van der Waals surface area contributed by atoms with Gasteiger partial charge in [-0.1, -0.05) is 13.8 Å². The molecule has 0 heterocycles. The molecule has 4 heteroatoms. The Bertz CT molecular complexity index is 243. The summed E-state index contributed by atoms with van der Waals surface area (Å²) in [6.45, 7) is 8.33. The van der Waals surface area contributed by atoms with E-state index < -0.39 is 10.8 Å². The SMILES string of the molecule is CCOC1CC(NCCCS(C)=O)C1(C)C. The highest BCUT2D eigenvalue weighted by molar-refractivity contribution is 7.84. The van der Waals surface area contributed by atoms with E-state index >= 15 is 0 Å². The van der Waals surface area contributed by atoms with Crippen molar-refractivity contribution in [3.05, 3.63) is 0 Å². The minimum atomic E-state index is -0.658. The quantitative estimate of drug-likeness (QED) is 0.694. The van der Waals surface area contributed by atoms with Gasteiger partial charge < -0.3 is 10.1 Å². The Morgan fingerprint density at radius 2 is 2.19 bits per heavy atom. The smallest absolute Gasteiger partial charge is 0.0655 e. The van der Waals surface area contributed by atoms with E-state index in [9.17, 15) is 4.21 Å². The normalized spacial score (nSPS) is 29.8. The van der Waals surface area contributed by atoms with Crippen LogP contribution in [0.5, 0.6) is 0 Å². The van der Waals surface area contributed by atoms with E-state index in [0.29, 0.717) is 12.1 Å². The number of ether oxygens (including phenoxy) is 1. The van der Waals surface area contributed by atoms with Crippen LogP contribution in [0.1, 0.15) is 33.6 Å². The summed E-state index contributed by atoms with van der Waals surface area (Å²) in [5, 5.41) is 3.54. The molecule has 0 radical (unpaired) electrons. The fraction of sp³-hybridized carbons (Fsp3) is 1.00. The molecule has 1 aliphatic carbocycles. The molecule has 1 N–H and O–H groups in total. The lowest BCUT2D eigenvalue weighted by molar-refractivity contribution is -0.113. The summed E-state index contributed by atoms with van der Waals surface area (Å²) in [5.41, 5.74) is 0.237. The molecule has 16 heavy (non-hydrogen) atoms. The summed E-state index contributed by atoms with van der Waals surface area (Å²) in [7, 11) is -0.658. The van der Waals surface area contributed by atoms with Gasteiger partial charge in [-0.15, -0.1) is 0 Å². The van der Waals surface area contributed by atoms with E-state index in [1.54, 1.807) is 6.26 Å². The van der Waals surface area contributed by atoms with Crippen LogP contribution in [0.25, 0.3) is 0 Å². The van der Waals surface area contributed by atoms with Crippen molar-refractivity contribution >= 4 is 10.8 Å². The van der Waals surface area contributed by atoms with Gasteiger partial charge in [0.05, 0.1) is 6.10 Å². The third kappa shape index (κ3) is 3.54. The Kier molecular flexibility index (Phi) is 5.41. The molecule has 0 aliphatic heterocycles. The van der Waals surface area contributed by atoms with E-state index in [-0.39, 0.29) is 5.41 Å². The van der Waals surface area contributed by atoms with Crippen LogP contribution in [-0.2, 0) is 15.5 Å². The van der Waals surface area contributed by atoms with Gasteiger partial charge in [0.1, 0.15) is 0 Å². The van der Waals surface area contributed by atoms with Gasteiger partial charge in [0.2, 0.25) is 0 Å². The third-order valence-corrected chi connectivity index (χ3v) is 4.41. The summed E-state index contributed by atoms with van der Waals surface area (Å²) in [6, 6.07) is 0.550. The van der Waals surface area contributed by atoms with Crippen LogP contribution in [0.15, 0.2) is 0 Å². The zero-order valence-electron chi connectivity index (χ0n) is 10.9. The summed E-state index contributed by atoms with van der Waals surface area (Å²) in [6.07, 6.45) is 4.26. The Balaban J connectivity index is 2.18. The standard InChI is InChI=1S/C12H25NO2S/c1-5-15-11-9-10(12(11,2)3)13-7-6-8-16(4)14/h10-11,13H,5-9H2,1-4H3. The first kappa shape index (κ1) is 14.1. The molecule has 0 aromatic carbocycles. The maximum atomic E-state index is 10.9. The second-order valence-electron chi connectivity index (χ2n) is 5.14. The monoisotopic (exact) mass is 247 g/mol. The molecule has 1 saturated carbocycles. The van der Waals surface area contributed by atoms with Gasteiger partial charge in [-0.2, -0.15) is 0 Å². The van der Waals surface area contributed by atoms with E-state index in [0.717, 1.165) is 31.7 Å². The van der Waals surface area contributed by atoms with Crippen molar-refractivity contribution in [3.8, 4) is 0 Å².